The van der Waals surface area contributed by atoms with Gasteiger partial charge in [0.1, 0.15) is 0 Å². The number of nitrogens with one attached hydrogen (secondary N) is 1. The number of para-hydroxylation sites is 1. The fraction of sp³-hybridized carbons (Fsp3) is 0.143. The third kappa shape index (κ3) is 3.39. The minimum atomic E-state index is -0.357. The third-order valence-electron chi connectivity index (χ3n) is 2.61. The molecule has 0 saturated carbocycles. The number of likely N-dealkylation sites (N-methyl/N-ethyl adjacent to an activating group) is 1. The van der Waals surface area contributed by atoms with Crippen LogP contribution in [0.2, 0.25) is 5.02 Å². The Bertz CT molecular complexity index is 611. The lowest BCUT2D eigenvalue weighted by Gasteiger charge is -2.15. The molecule has 1 aromatic carbocycles. The Labute approximate surface area is 121 Å². The van der Waals surface area contributed by atoms with Crippen LogP contribution in [-0.2, 0) is 4.79 Å². The summed E-state index contributed by atoms with van der Waals surface area (Å²) in [4.78, 5) is 25.0. The van der Waals surface area contributed by atoms with Crippen LogP contribution in [0.3, 0.4) is 0 Å². The molecule has 1 heterocycles. The van der Waals surface area contributed by atoms with Crippen molar-refractivity contribution in [3.63, 3.8) is 0 Å². The molecule has 2 aromatic rings. The molecule has 0 saturated heterocycles. The number of carbonyl (C=O) groups is 2. The maximum Gasteiger partial charge on any atom is 0.289 e. The van der Waals surface area contributed by atoms with Crippen LogP contribution in [0.5, 0.6) is 0 Å². The molecule has 0 aliphatic carbocycles. The molecule has 5 nitrogen and oxygen atoms in total. The average molecular weight is 293 g/mol. The molecular weight excluding hydrogens is 280 g/mol. The van der Waals surface area contributed by atoms with E-state index in [9.17, 15) is 9.59 Å². The lowest BCUT2D eigenvalue weighted by Crippen LogP contribution is -2.34. The predicted molar refractivity (Wildman–Crippen MR) is 75.8 cm³/mol. The van der Waals surface area contributed by atoms with Gasteiger partial charge < -0.3 is 14.6 Å². The van der Waals surface area contributed by atoms with Crippen LogP contribution in [-0.4, -0.2) is 30.3 Å². The molecule has 0 aliphatic rings. The third-order valence-corrected chi connectivity index (χ3v) is 2.94. The van der Waals surface area contributed by atoms with Crippen molar-refractivity contribution < 1.29 is 14.0 Å². The molecule has 2 rings (SSSR count). The fourth-order valence-electron chi connectivity index (χ4n) is 1.63. The zero-order valence-corrected chi connectivity index (χ0v) is 11.6. The van der Waals surface area contributed by atoms with Gasteiger partial charge in [-0.25, -0.2) is 0 Å². The van der Waals surface area contributed by atoms with E-state index in [1.807, 2.05) is 0 Å². The quantitative estimate of drug-likeness (QED) is 0.942. The Morgan fingerprint density at radius 3 is 2.65 bits per heavy atom. The van der Waals surface area contributed by atoms with Crippen LogP contribution in [0.1, 0.15) is 10.6 Å². The van der Waals surface area contributed by atoms with Crippen LogP contribution < -0.4 is 5.32 Å². The molecule has 1 aromatic heterocycles. The minimum Gasteiger partial charge on any atom is -0.459 e. The van der Waals surface area contributed by atoms with E-state index in [2.05, 4.69) is 5.32 Å². The maximum atomic E-state index is 11.9. The Balaban J connectivity index is 1.95. The highest BCUT2D eigenvalue weighted by molar-refractivity contribution is 6.33. The maximum absolute atomic E-state index is 11.9. The first kappa shape index (κ1) is 14.1. The first-order valence-electron chi connectivity index (χ1n) is 5.91. The van der Waals surface area contributed by atoms with E-state index >= 15 is 0 Å². The summed E-state index contributed by atoms with van der Waals surface area (Å²) in [5.74, 6) is -0.497. The van der Waals surface area contributed by atoms with Gasteiger partial charge in [-0.2, -0.15) is 0 Å². The standard InChI is InChI=1S/C14H13ClN2O3/c1-17(14(19)12-7-4-8-20-12)9-13(18)16-11-6-3-2-5-10(11)15/h2-8H,9H2,1H3,(H,16,18). The number of furan rings is 1. The molecular formula is C14H13ClN2O3. The molecule has 0 aliphatic heterocycles. The smallest absolute Gasteiger partial charge is 0.289 e. The molecule has 0 bridgehead atoms. The Kier molecular flexibility index (Phi) is 4.42. The number of halogens is 1. The molecule has 0 unspecified atom stereocenters. The molecule has 20 heavy (non-hydrogen) atoms. The summed E-state index contributed by atoms with van der Waals surface area (Å²) in [6.07, 6.45) is 1.41. The zero-order valence-electron chi connectivity index (χ0n) is 10.8. The van der Waals surface area contributed by atoms with Gasteiger partial charge in [-0.05, 0) is 24.3 Å². The van der Waals surface area contributed by atoms with Gasteiger partial charge in [-0.1, -0.05) is 23.7 Å². The number of carbonyl (C=O) groups excluding carboxylic acids is 2. The van der Waals surface area contributed by atoms with Gasteiger partial charge in [0.05, 0.1) is 23.5 Å². The second-order valence-electron chi connectivity index (χ2n) is 4.17. The minimum absolute atomic E-state index is 0.0925. The topological polar surface area (TPSA) is 62.6 Å². The van der Waals surface area contributed by atoms with E-state index in [0.717, 1.165) is 0 Å². The molecule has 104 valence electrons. The van der Waals surface area contributed by atoms with E-state index in [0.29, 0.717) is 10.7 Å². The molecule has 6 heteroatoms. The Morgan fingerprint density at radius 1 is 1.25 bits per heavy atom. The van der Waals surface area contributed by atoms with Crippen LogP contribution in [0.25, 0.3) is 0 Å². The van der Waals surface area contributed by atoms with Gasteiger partial charge in [0.2, 0.25) is 5.91 Å². The molecule has 1 N–H and O–H groups in total. The van der Waals surface area contributed by atoms with Crippen molar-refractivity contribution in [1.29, 1.82) is 0 Å². The van der Waals surface area contributed by atoms with Gasteiger partial charge >= 0.3 is 0 Å². The second kappa shape index (κ2) is 6.25. The van der Waals surface area contributed by atoms with E-state index in [1.165, 1.54) is 18.2 Å². The van der Waals surface area contributed by atoms with Crippen LogP contribution in [0, 0.1) is 0 Å². The highest BCUT2D eigenvalue weighted by Gasteiger charge is 2.17. The van der Waals surface area contributed by atoms with Gasteiger partial charge in [-0.3, -0.25) is 9.59 Å². The number of rotatable bonds is 4. The van der Waals surface area contributed by atoms with E-state index in [1.54, 1.807) is 36.4 Å². The van der Waals surface area contributed by atoms with Crippen LogP contribution in [0.4, 0.5) is 5.69 Å². The van der Waals surface area contributed by atoms with Crippen molar-refractivity contribution in [1.82, 2.24) is 4.90 Å². The Hall–Kier alpha value is -2.27. The largest absolute Gasteiger partial charge is 0.459 e. The molecule has 0 radical (unpaired) electrons. The number of hydrogen-bond donors (Lipinski definition) is 1. The average Bonchev–Trinajstić information content (AvgIpc) is 2.94. The number of hydrogen-bond acceptors (Lipinski definition) is 3. The Morgan fingerprint density at radius 2 is 2.00 bits per heavy atom. The summed E-state index contributed by atoms with van der Waals surface area (Å²) >= 11 is 5.94. The second-order valence-corrected chi connectivity index (χ2v) is 4.57. The van der Waals surface area contributed by atoms with Crippen LogP contribution >= 0.6 is 11.6 Å². The lowest BCUT2D eigenvalue weighted by atomic mass is 10.3. The summed E-state index contributed by atoms with van der Waals surface area (Å²) in [5, 5.41) is 3.09. The molecule has 0 spiro atoms. The fourth-order valence-corrected chi connectivity index (χ4v) is 1.81. The zero-order chi connectivity index (χ0) is 14.5. The van der Waals surface area contributed by atoms with Crippen molar-refractivity contribution in [2.24, 2.45) is 0 Å². The number of amides is 2. The summed E-state index contributed by atoms with van der Waals surface area (Å²) in [6.45, 7) is -0.0925. The van der Waals surface area contributed by atoms with Crippen molar-refractivity contribution >= 4 is 29.1 Å². The number of benzene rings is 1. The van der Waals surface area contributed by atoms with Crippen molar-refractivity contribution in [2.45, 2.75) is 0 Å². The van der Waals surface area contributed by atoms with Crippen LogP contribution in [0.15, 0.2) is 47.1 Å². The van der Waals surface area contributed by atoms with Crippen molar-refractivity contribution in [3.8, 4) is 0 Å². The van der Waals surface area contributed by atoms with E-state index < -0.39 is 0 Å². The van der Waals surface area contributed by atoms with E-state index in [-0.39, 0.29) is 24.1 Å². The monoisotopic (exact) mass is 292 g/mol. The first-order valence-corrected chi connectivity index (χ1v) is 6.29. The van der Waals surface area contributed by atoms with Gasteiger partial charge in [0.25, 0.3) is 5.91 Å². The number of nitrogens with zero attached hydrogens (tertiary/aromatic N) is 1. The summed E-state index contributed by atoms with van der Waals surface area (Å²) in [5.41, 5.74) is 0.512. The lowest BCUT2D eigenvalue weighted by molar-refractivity contribution is -0.116. The summed E-state index contributed by atoms with van der Waals surface area (Å²) in [7, 11) is 1.52. The van der Waals surface area contributed by atoms with Gasteiger partial charge in [0.15, 0.2) is 5.76 Å². The van der Waals surface area contributed by atoms with Gasteiger partial charge in [-0.15, -0.1) is 0 Å². The van der Waals surface area contributed by atoms with Gasteiger partial charge in [0, 0.05) is 7.05 Å². The predicted octanol–water partition coefficient (Wildman–Crippen LogP) is 2.64. The van der Waals surface area contributed by atoms with Crippen molar-refractivity contribution in [3.05, 3.63) is 53.4 Å². The molecule has 2 amide bonds. The summed E-state index contributed by atoms with van der Waals surface area (Å²) < 4.78 is 4.99. The molecule has 0 fully saturated rings. The van der Waals surface area contributed by atoms with Crippen molar-refractivity contribution in [2.75, 3.05) is 18.9 Å². The molecule has 0 atom stereocenters. The summed E-state index contributed by atoms with van der Waals surface area (Å²) in [6, 6.07) is 10.1. The first-order chi connectivity index (χ1) is 9.58. The normalized spacial score (nSPS) is 10.1. The van der Waals surface area contributed by atoms with E-state index in [4.69, 9.17) is 16.0 Å². The highest BCUT2D eigenvalue weighted by atomic mass is 35.5. The number of anilines is 1. The highest BCUT2D eigenvalue weighted by Crippen LogP contribution is 2.20. The SMILES string of the molecule is CN(CC(=O)Nc1ccccc1Cl)C(=O)c1ccco1.